The maximum atomic E-state index is 11.7. The van der Waals surface area contributed by atoms with Crippen molar-refractivity contribution in [3.8, 4) is 11.3 Å². The second kappa shape index (κ2) is 5.46. The predicted octanol–water partition coefficient (Wildman–Crippen LogP) is 2.39. The summed E-state index contributed by atoms with van der Waals surface area (Å²) in [5, 5.41) is 23.7. The minimum absolute atomic E-state index is 0.0453. The van der Waals surface area contributed by atoms with Crippen molar-refractivity contribution in [2.24, 2.45) is 0 Å². The van der Waals surface area contributed by atoms with Crippen LogP contribution >= 0.6 is 0 Å². The average molecular weight is 302 g/mol. The van der Waals surface area contributed by atoms with Gasteiger partial charge >= 0.3 is 5.97 Å². The lowest BCUT2D eigenvalue weighted by Crippen LogP contribution is -2.46. The van der Waals surface area contributed by atoms with Gasteiger partial charge in [-0.05, 0) is 19.8 Å². The first-order valence-corrected chi connectivity index (χ1v) is 7.24. The molecule has 0 amide bonds. The molecule has 1 aromatic carbocycles. The van der Waals surface area contributed by atoms with Gasteiger partial charge in [0, 0.05) is 18.7 Å². The molecule has 1 fully saturated rings. The third-order valence-electron chi connectivity index (χ3n) is 3.90. The van der Waals surface area contributed by atoms with Crippen molar-refractivity contribution in [1.29, 1.82) is 0 Å². The third-order valence-corrected chi connectivity index (χ3v) is 3.90. The molecule has 116 valence electrons. The van der Waals surface area contributed by atoms with Crippen molar-refractivity contribution in [3.05, 3.63) is 35.9 Å². The number of nitrogens with zero attached hydrogens (tertiary/aromatic N) is 2. The standard InChI is InChI=1S/C16H18N2O4/c1-16(21)8-5-9-18(10-16)14-12(15(19)20)13(22-17-14)11-6-3-2-4-7-11/h2-4,6-7,21H,5,8-10H2,1H3,(H,19,20). The summed E-state index contributed by atoms with van der Waals surface area (Å²) in [5.41, 5.74) is -0.133. The molecule has 2 aromatic rings. The molecule has 0 radical (unpaired) electrons. The molecule has 6 nitrogen and oxygen atoms in total. The Balaban J connectivity index is 2.03. The monoisotopic (exact) mass is 302 g/mol. The number of hydrogen-bond acceptors (Lipinski definition) is 5. The van der Waals surface area contributed by atoms with Crippen molar-refractivity contribution in [2.45, 2.75) is 25.4 Å². The summed E-state index contributed by atoms with van der Waals surface area (Å²) in [6.07, 6.45) is 1.47. The Morgan fingerprint density at radius 2 is 2.09 bits per heavy atom. The lowest BCUT2D eigenvalue weighted by atomic mass is 9.95. The van der Waals surface area contributed by atoms with Gasteiger partial charge in [-0.25, -0.2) is 4.79 Å². The number of piperidine rings is 1. The molecular weight excluding hydrogens is 284 g/mol. The number of carbonyl (C=O) groups is 1. The lowest BCUT2D eigenvalue weighted by molar-refractivity contribution is 0.0442. The minimum atomic E-state index is -1.08. The first-order chi connectivity index (χ1) is 10.5. The van der Waals surface area contributed by atoms with Crippen LogP contribution in [0.25, 0.3) is 11.3 Å². The van der Waals surface area contributed by atoms with E-state index in [1.165, 1.54) is 0 Å². The van der Waals surface area contributed by atoms with E-state index in [1.807, 2.05) is 18.2 Å². The van der Waals surface area contributed by atoms with Crippen LogP contribution in [0.5, 0.6) is 0 Å². The molecule has 0 saturated carbocycles. The summed E-state index contributed by atoms with van der Waals surface area (Å²) < 4.78 is 5.31. The average Bonchev–Trinajstić information content (AvgIpc) is 2.92. The molecule has 0 spiro atoms. The molecule has 2 heterocycles. The zero-order chi connectivity index (χ0) is 15.7. The Bertz CT molecular complexity index is 679. The predicted molar refractivity (Wildman–Crippen MR) is 81.0 cm³/mol. The van der Waals surface area contributed by atoms with E-state index in [-0.39, 0.29) is 17.1 Å². The summed E-state index contributed by atoms with van der Waals surface area (Å²) in [6.45, 7) is 2.74. The molecule has 0 aliphatic carbocycles. The maximum absolute atomic E-state index is 11.7. The number of β-amino-alcohol motifs (C(OH)–C–C–N with tert-alkyl or cyclic N) is 1. The number of carboxylic acids is 1. The SMILES string of the molecule is CC1(O)CCCN(c2noc(-c3ccccc3)c2C(=O)O)C1. The topological polar surface area (TPSA) is 86.8 Å². The van der Waals surface area contributed by atoms with Crippen LogP contribution in [0.15, 0.2) is 34.9 Å². The Morgan fingerprint density at radius 3 is 2.73 bits per heavy atom. The Labute approximate surface area is 128 Å². The number of carboxylic acid groups (broad SMARTS) is 1. The van der Waals surface area contributed by atoms with Gasteiger partial charge in [-0.2, -0.15) is 0 Å². The zero-order valence-electron chi connectivity index (χ0n) is 12.3. The van der Waals surface area contributed by atoms with Crippen LogP contribution in [0.1, 0.15) is 30.1 Å². The smallest absolute Gasteiger partial charge is 0.343 e. The molecule has 2 N–H and O–H groups in total. The van der Waals surface area contributed by atoms with Crippen LogP contribution in [-0.2, 0) is 0 Å². The number of aromatic carboxylic acids is 1. The van der Waals surface area contributed by atoms with Crippen molar-refractivity contribution in [2.75, 3.05) is 18.0 Å². The van der Waals surface area contributed by atoms with Gasteiger partial charge in [0.05, 0.1) is 5.60 Å². The molecule has 3 rings (SSSR count). The second-order valence-corrected chi connectivity index (χ2v) is 5.90. The number of aliphatic hydroxyl groups is 1. The van der Waals surface area contributed by atoms with Gasteiger partial charge < -0.3 is 19.6 Å². The van der Waals surface area contributed by atoms with Gasteiger partial charge in [-0.15, -0.1) is 0 Å². The number of benzene rings is 1. The van der Waals surface area contributed by atoms with Crippen LogP contribution in [-0.4, -0.2) is 40.0 Å². The highest BCUT2D eigenvalue weighted by Gasteiger charge is 2.34. The summed E-state index contributed by atoms with van der Waals surface area (Å²) in [4.78, 5) is 13.5. The highest BCUT2D eigenvalue weighted by Crippen LogP contribution is 2.34. The molecule has 1 aromatic heterocycles. The Kier molecular flexibility index (Phi) is 3.62. The van der Waals surface area contributed by atoms with E-state index in [0.717, 1.165) is 6.42 Å². The van der Waals surface area contributed by atoms with Crippen LogP contribution < -0.4 is 4.90 Å². The quantitative estimate of drug-likeness (QED) is 0.905. The number of aromatic nitrogens is 1. The number of hydrogen-bond donors (Lipinski definition) is 2. The fourth-order valence-corrected chi connectivity index (χ4v) is 2.88. The van der Waals surface area contributed by atoms with Crippen LogP contribution in [0.4, 0.5) is 5.82 Å². The first kappa shape index (κ1) is 14.6. The molecular formula is C16H18N2O4. The molecule has 1 atom stereocenters. The summed E-state index contributed by atoms with van der Waals surface area (Å²) in [5.74, 6) is -0.556. The molecule has 6 heteroatoms. The third kappa shape index (κ3) is 2.69. The van der Waals surface area contributed by atoms with Gasteiger partial charge in [0.2, 0.25) is 0 Å². The van der Waals surface area contributed by atoms with Gasteiger partial charge in [-0.3, -0.25) is 0 Å². The Morgan fingerprint density at radius 1 is 1.36 bits per heavy atom. The second-order valence-electron chi connectivity index (χ2n) is 5.90. The maximum Gasteiger partial charge on any atom is 0.343 e. The van der Waals surface area contributed by atoms with Gasteiger partial charge in [0.15, 0.2) is 17.1 Å². The largest absolute Gasteiger partial charge is 0.477 e. The van der Waals surface area contributed by atoms with Crippen molar-refractivity contribution < 1.29 is 19.5 Å². The summed E-state index contributed by atoms with van der Waals surface area (Å²) in [6, 6.07) is 9.04. The summed E-state index contributed by atoms with van der Waals surface area (Å²) >= 11 is 0. The lowest BCUT2D eigenvalue weighted by Gasteiger charge is -2.36. The van der Waals surface area contributed by atoms with Crippen molar-refractivity contribution in [3.63, 3.8) is 0 Å². The van der Waals surface area contributed by atoms with E-state index in [0.29, 0.717) is 25.1 Å². The highest BCUT2D eigenvalue weighted by molar-refractivity contribution is 5.99. The Hall–Kier alpha value is -2.34. The van der Waals surface area contributed by atoms with E-state index < -0.39 is 11.6 Å². The first-order valence-electron chi connectivity index (χ1n) is 7.24. The van der Waals surface area contributed by atoms with Crippen LogP contribution in [0, 0.1) is 0 Å². The van der Waals surface area contributed by atoms with Crippen molar-refractivity contribution >= 4 is 11.8 Å². The van der Waals surface area contributed by atoms with E-state index in [4.69, 9.17) is 4.52 Å². The molecule has 1 unspecified atom stereocenters. The fraction of sp³-hybridized carbons (Fsp3) is 0.375. The molecule has 1 saturated heterocycles. The van der Waals surface area contributed by atoms with E-state index in [9.17, 15) is 15.0 Å². The van der Waals surface area contributed by atoms with Crippen molar-refractivity contribution in [1.82, 2.24) is 5.16 Å². The normalized spacial score (nSPS) is 21.8. The fourth-order valence-electron chi connectivity index (χ4n) is 2.88. The molecule has 1 aliphatic rings. The van der Waals surface area contributed by atoms with Crippen LogP contribution in [0.2, 0.25) is 0 Å². The molecule has 1 aliphatic heterocycles. The van der Waals surface area contributed by atoms with E-state index in [2.05, 4.69) is 5.16 Å². The van der Waals surface area contributed by atoms with Crippen LogP contribution in [0.3, 0.4) is 0 Å². The summed E-state index contributed by atoms with van der Waals surface area (Å²) in [7, 11) is 0. The van der Waals surface area contributed by atoms with Gasteiger partial charge in [0.1, 0.15) is 0 Å². The van der Waals surface area contributed by atoms with E-state index >= 15 is 0 Å². The molecule has 22 heavy (non-hydrogen) atoms. The van der Waals surface area contributed by atoms with Gasteiger partial charge in [-0.1, -0.05) is 35.5 Å². The zero-order valence-corrected chi connectivity index (χ0v) is 12.3. The number of rotatable bonds is 3. The van der Waals surface area contributed by atoms with Gasteiger partial charge in [0.25, 0.3) is 0 Å². The minimum Gasteiger partial charge on any atom is -0.477 e. The number of anilines is 1. The molecule has 0 bridgehead atoms. The van der Waals surface area contributed by atoms with E-state index in [1.54, 1.807) is 24.0 Å². The highest BCUT2D eigenvalue weighted by atomic mass is 16.5.